The van der Waals surface area contributed by atoms with Crippen LogP contribution in [0.3, 0.4) is 0 Å². The number of carbonyl (C=O) groups excluding carboxylic acids is 1. The van der Waals surface area contributed by atoms with E-state index in [-0.39, 0.29) is 5.75 Å². The second kappa shape index (κ2) is 5.54. The molecule has 0 aliphatic heterocycles. The van der Waals surface area contributed by atoms with Gasteiger partial charge in [-0.2, -0.15) is 0 Å². The van der Waals surface area contributed by atoms with E-state index in [0.717, 1.165) is 4.47 Å². The number of phenols is 1. The van der Waals surface area contributed by atoms with Crippen LogP contribution in [0, 0.1) is 0 Å². The van der Waals surface area contributed by atoms with Gasteiger partial charge in [0.15, 0.2) is 0 Å². The molecule has 0 unspecified atom stereocenters. The van der Waals surface area contributed by atoms with E-state index in [9.17, 15) is 9.90 Å². The summed E-state index contributed by atoms with van der Waals surface area (Å²) < 4.78 is 6.60. The van der Waals surface area contributed by atoms with Gasteiger partial charge in [0.25, 0.3) is 0 Å². The average molecular weight is 372 g/mol. The number of phenolic OH excluding ortho intramolecular Hbond substituents is 1. The summed E-state index contributed by atoms with van der Waals surface area (Å²) in [5.74, 6) is -0.144. The van der Waals surface area contributed by atoms with Crippen molar-refractivity contribution in [1.29, 1.82) is 0 Å². The Kier molecular flexibility index (Phi) is 4.04. The fourth-order valence-corrected chi connectivity index (χ4v) is 2.13. The van der Waals surface area contributed by atoms with Crippen molar-refractivity contribution in [3.63, 3.8) is 0 Å². The minimum absolute atomic E-state index is 0.0496. The number of hydrogen-bond acceptors (Lipinski definition) is 3. The summed E-state index contributed by atoms with van der Waals surface area (Å²) in [6, 6.07) is 11.3. The molecule has 0 saturated heterocycles. The molecule has 3 nitrogen and oxygen atoms in total. The maximum atomic E-state index is 11.9. The lowest BCUT2D eigenvalue weighted by Gasteiger charge is -2.06. The first-order chi connectivity index (χ1) is 8.56. The lowest BCUT2D eigenvalue weighted by atomic mass is 10.2. The number of hydrogen-bond donors (Lipinski definition) is 1. The van der Waals surface area contributed by atoms with Crippen molar-refractivity contribution >= 4 is 37.8 Å². The molecule has 0 fully saturated rings. The van der Waals surface area contributed by atoms with E-state index in [4.69, 9.17) is 4.74 Å². The van der Waals surface area contributed by atoms with Gasteiger partial charge in [0.05, 0.1) is 5.56 Å². The molecule has 0 aromatic heterocycles. The van der Waals surface area contributed by atoms with E-state index in [0.29, 0.717) is 15.8 Å². The molecule has 0 radical (unpaired) electrons. The second-order valence-electron chi connectivity index (χ2n) is 3.51. The summed E-state index contributed by atoms with van der Waals surface area (Å²) in [7, 11) is 0. The lowest BCUT2D eigenvalue weighted by Crippen LogP contribution is -2.09. The molecule has 2 aromatic rings. The minimum atomic E-state index is -0.492. The number of benzene rings is 2. The van der Waals surface area contributed by atoms with Gasteiger partial charge in [-0.15, -0.1) is 0 Å². The molecule has 0 aliphatic rings. The van der Waals surface area contributed by atoms with Crippen LogP contribution in [0.25, 0.3) is 0 Å². The molecular weight excluding hydrogens is 364 g/mol. The van der Waals surface area contributed by atoms with Gasteiger partial charge in [-0.05, 0) is 46.3 Å². The highest BCUT2D eigenvalue weighted by atomic mass is 79.9. The molecule has 0 aliphatic carbocycles. The molecule has 0 atom stereocenters. The van der Waals surface area contributed by atoms with Gasteiger partial charge in [-0.3, -0.25) is 0 Å². The van der Waals surface area contributed by atoms with Crippen molar-refractivity contribution in [3.05, 3.63) is 57.0 Å². The lowest BCUT2D eigenvalue weighted by molar-refractivity contribution is 0.0733. The minimum Gasteiger partial charge on any atom is -0.508 e. The van der Waals surface area contributed by atoms with Gasteiger partial charge >= 0.3 is 5.97 Å². The Labute approximate surface area is 121 Å². The smallest absolute Gasteiger partial charge is 0.344 e. The Hall–Kier alpha value is -1.33. The van der Waals surface area contributed by atoms with Crippen molar-refractivity contribution in [2.24, 2.45) is 0 Å². The molecule has 92 valence electrons. The maximum absolute atomic E-state index is 11.9. The van der Waals surface area contributed by atoms with Crippen molar-refractivity contribution in [2.75, 3.05) is 0 Å². The SMILES string of the molecule is O=C(Oc1cccc(O)c1)c1cc(Br)ccc1Br. The van der Waals surface area contributed by atoms with Crippen LogP contribution < -0.4 is 4.74 Å². The van der Waals surface area contributed by atoms with Crippen molar-refractivity contribution < 1.29 is 14.6 Å². The van der Waals surface area contributed by atoms with Crippen LogP contribution in [0.1, 0.15) is 10.4 Å². The Morgan fingerprint density at radius 2 is 1.89 bits per heavy atom. The third-order valence-electron chi connectivity index (χ3n) is 2.18. The van der Waals surface area contributed by atoms with E-state index >= 15 is 0 Å². The molecule has 2 aromatic carbocycles. The predicted octanol–water partition coefficient (Wildman–Crippen LogP) is 4.14. The van der Waals surface area contributed by atoms with Crippen molar-refractivity contribution in [1.82, 2.24) is 0 Å². The van der Waals surface area contributed by atoms with E-state index < -0.39 is 5.97 Å². The number of aromatic hydroxyl groups is 1. The van der Waals surface area contributed by atoms with Crippen LogP contribution in [0.4, 0.5) is 0 Å². The standard InChI is InChI=1S/C13H8Br2O3/c14-8-4-5-12(15)11(6-8)13(17)18-10-3-1-2-9(16)7-10/h1-7,16H. The normalized spacial score (nSPS) is 10.1. The van der Waals surface area contributed by atoms with Crippen LogP contribution in [0.15, 0.2) is 51.4 Å². The van der Waals surface area contributed by atoms with Crippen LogP contribution in [0.2, 0.25) is 0 Å². The highest BCUT2D eigenvalue weighted by Gasteiger charge is 2.13. The fraction of sp³-hybridized carbons (Fsp3) is 0. The molecule has 5 heteroatoms. The van der Waals surface area contributed by atoms with E-state index in [1.165, 1.54) is 12.1 Å². The topological polar surface area (TPSA) is 46.5 Å². The zero-order chi connectivity index (χ0) is 13.1. The third kappa shape index (κ3) is 3.11. The predicted molar refractivity (Wildman–Crippen MR) is 74.9 cm³/mol. The Balaban J connectivity index is 2.24. The number of esters is 1. The molecule has 0 saturated carbocycles. The second-order valence-corrected chi connectivity index (χ2v) is 5.28. The largest absolute Gasteiger partial charge is 0.508 e. The van der Waals surface area contributed by atoms with E-state index in [1.54, 1.807) is 24.3 Å². The van der Waals surface area contributed by atoms with Crippen molar-refractivity contribution in [2.45, 2.75) is 0 Å². The van der Waals surface area contributed by atoms with Gasteiger partial charge in [-0.1, -0.05) is 22.0 Å². The first-order valence-electron chi connectivity index (χ1n) is 5.02. The summed E-state index contributed by atoms with van der Waals surface area (Å²) in [4.78, 5) is 11.9. The molecule has 2 rings (SSSR count). The highest BCUT2D eigenvalue weighted by Crippen LogP contribution is 2.24. The Morgan fingerprint density at radius 1 is 1.11 bits per heavy atom. The molecule has 0 amide bonds. The van der Waals surface area contributed by atoms with Crippen LogP contribution in [-0.2, 0) is 0 Å². The summed E-state index contributed by atoms with van der Waals surface area (Å²) in [5, 5.41) is 9.29. The van der Waals surface area contributed by atoms with Gasteiger partial charge < -0.3 is 9.84 Å². The molecule has 0 heterocycles. The average Bonchev–Trinajstić information content (AvgIpc) is 2.32. The number of carbonyl (C=O) groups is 1. The molecular formula is C13H8Br2O3. The van der Waals surface area contributed by atoms with E-state index in [1.807, 2.05) is 6.07 Å². The quantitative estimate of drug-likeness (QED) is 0.637. The summed E-state index contributed by atoms with van der Waals surface area (Å²) in [5.41, 5.74) is 0.410. The van der Waals surface area contributed by atoms with Gasteiger partial charge in [0.2, 0.25) is 0 Å². The Bertz CT molecular complexity index is 597. The van der Waals surface area contributed by atoms with Gasteiger partial charge in [0.1, 0.15) is 11.5 Å². The number of rotatable bonds is 2. The van der Waals surface area contributed by atoms with Crippen molar-refractivity contribution in [3.8, 4) is 11.5 Å². The van der Waals surface area contributed by atoms with Crippen LogP contribution in [-0.4, -0.2) is 11.1 Å². The fourth-order valence-electron chi connectivity index (χ4n) is 1.36. The highest BCUT2D eigenvalue weighted by molar-refractivity contribution is 9.11. The summed E-state index contributed by atoms with van der Waals surface area (Å²) in [6.45, 7) is 0. The van der Waals surface area contributed by atoms with E-state index in [2.05, 4.69) is 31.9 Å². The molecule has 1 N–H and O–H groups in total. The maximum Gasteiger partial charge on any atom is 0.344 e. The Morgan fingerprint density at radius 3 is 2.61 bits per heavy atom. The zero-order valence-electron chi connectivity index (χ0n) is 9.06. The summed E-state index contributed by atoms with van der Waals surface area (Å²) >= 11 is 6.58. The number of halogens is 2. The monoisotopic (exact) mass is 370 g/mol. The van der Waals surface area contributed by atoms with Gasteiger partial charge in [0, 0.05) is 15.0 Å². The first-order valence-corrected chi connectivity index (χ1v) is 6.61. The van der Waals surface area contributed by atoms with Crippen LogP contribution >= 0.6 is 31.9 Å². The van der Waals surface area contributed by atoms with Crippen LogP contribution in [0.5, 0.6) is 11.5 Å². The number of ether oxygens (including phenoxy) is 1. The first kappa shape index (κ1) is 13.1. The molecule has 0 bridgehead atoms. The van der Waals surface area contributed by atoms with Gasteiger partial charge in [-0.25, -0.2) is 4.79 Å². The molecule has 18 heavy (non-hydrogen) atoms. The molecule has 0 spiro atoms. The third-order valence-corrected chi connectivity index (χ3v) is 3.36. The summed E-state index contributed by atoms with van der Waals surface area (Å²) in [6.07, 6.45) is 0. The zero-order valence-corrected chi connectivity index (χ0v) is 12.2.